The lowest BCUT2D eigenvalue weighted by Gasteiger charge is -2.53. The maximum atomic E-state index is 7.51. The van der Waals surface area contributed by atoms with E-state index in [2.05, 4.69) is 0 Å². The maximum Gasteiger partial charge on any atom is 0.196 e. The molecule has 0 bridgehead atoms. The summed E-state index contributed by atoms with van der Waals surface area (Å²) in [7, 11) is 5.04. The quantitative estimate of drug-likeness (QED) is 0.356. The fourth-order valence-corrected chi connectivity index (χ4v) is 2.46. The molecule has 1 spiro atoms. The molecule has 68 valence electrons. The average Bonchev–Trinajstić information content (AvgIpc) is 1.77. The van der Waals surface area contributed by atoms with E-state index in [9.17, 15) is 0 Å². The molecular formula is C9H13BN2O. The van der Waals surface area contributed by atoms with Crippen LogP contribution in [0.5, 0.6) is 0 Å². The van der Waals surface area contributed by atoms with E-state index in [0.29, 0.717) is 5.41 Å². The van der Waals surface area contributed by atoms with Crippen LogP contribution in [0, 0.1) is 22.2 Å². The number of ether oxygens (including phenoxy) is 1. The second-order valence-electron chi connectivity index (χ2n) is 4.29. The number of hydrogen-bond acceptors (Lipinski definition) is 3. The highest BCUT2D eigenvalue weighted by Crippen LogP contribution is 2.58. The summed E-state index contributed by atoms with van der Waals surface area (Å²) in [5, 5.41) is 14.4. The zero-order chi connectivity index (χ0) is 9.47. The molecule has 2 aliphatic carbocycles. The molecule has 2 N–H and O–H groups in total. The lowest BCUT2D eigenvalue weighted by Crippen LogP contribution is -2.46. The highest BCUT2D eigenvalue weighted by atomic mass is 16.5. The summed E-state index contributed by atoms with van der Waals surface area (Å²) >= 11 is 0. The molecule has 0 unspecified atom stereocenters. The second-order valence-corrected chi connectivity index (χ2v) is 4.29. The van der Waals surface area contributed by atoms with Gasteiger partial charge in [0, 0.05) is 5.92 Å². The molecule has 2 rings (SSSR count). The van der Waals surface area contributed by atoms with Gasteiger partial charge in [-0.1, -0.05) is 6.42 Å². The van der Waals surface area contributed by atoms with E-state index in [0.717, 1.165) is 12.8 Å². The van der Waals surface area contributed by atoms with Gasteiger partial charge in [0.25, 0.3) is 0 Å². The Labute approximate surface area is 79.3 Å². The van der Waals surface area contributed by atoms with Gasteiger partial charge in [0.05, 0.1) is 0 Å². The van der Waals surface area contributed by atoms with E-state index < -0.39 is 0 Å². The van der Waals surface area contributed by atoms with Crippen molar-refractivity contribution in [3.05, 3.63) is 0 Å². The van der Waals surface area contributed by atoms with Gasteiger partial charge in [-0.3, -0.25) is 10.8 Å². The Hall–Kier alpha value is -0.795. The van der Waals surface area contributed by atoms with Gasteiger partial charge in [-0.25, -0.2) is 0 Å². The molecule has 0 amide bonds. The van der Waals surface area contributed by atoms with Crippen LogP contribution in [-0.4, -0.2) is 19.5 Å². The van der Waals surface area contributed by atoms with Crippen LogP contribution >= 0.6 is 0 Å². The molecule has 2 aliphatic rings. The Kier molecular flexibility index (Phi) is 1.93. The minimum absolute atomic E-state index is 0.185. The van der Waals surface area contributed by atoms with Crippen LogP contribution in [0.1, 0.15) is 32.1 Å². The third-order valence-electron chi connectivity index (χ3n) is 3.36. The SMILES string of the molecule is [B]C(=N)OC(=N)C1CC2(CCC2)C1. The van der Waals surface area contributed by atoms with Crippen molar-refractivity contribution in [2.45, 2.75) is 32.1 Å². The van der Waals surface area contributed by atoms with Gasteiger partial charge in [-0.15, -0.1) is 0 Å². The first-order valence-corrected chi connectivity index (χ1v) is 4.72. The fraction of sp³-hybridized carbons (Fsp3) is 0.778. The van der Waals surface area contributed by atoms with Crippen molar-refractivity contribution in [1.82, 2.24) is 0 Å². The van der Waals surface area contributed by atoms with Crippen LogP contribution in [0.3, 0.4) is 0 Å². The van der Waals surface area contributed by atoms with Crippen molar-refractivity contribution in [1.29, 1.82) is 10.8 Å². The van der Waals surface area contributed by atoms with Gasteiger partial charge in [0.15, 0.2) is 13.7 Å². The predicted molar refractivity (Wildman–Crippen MR) is 51.3 cm³/mol. The highest BCUT2D eigenvalue weighted by molar-refractivity contribution is 6.56. The second kappa shape index (κ2) is 2.86. The summed E-state index contributed by atoms with van der Waals surface area (Å²) in [6.45, 7) is 0. The molecule has 0 aromatic carbocycles. The van der Waals surface area contributed by atoms with Crippen molar-refractivity contribution in [2.24, 2.45) is 11.3 Å². The van der Waals surface area contributed by atoms with E-state index in [1.54, 1.807) is 0 Å². The molecule has 0 aromatic rings. The lowest BCUT2D eigenvalue weighted by molar-refractivity contribution is -0.00215. The minimum Gasteiger partial charge on any atom is -0.441 e. The maximum absolute atomic E-state index is 7.51. The van der Waals surface area contributed by atoms with E-state index in [4.69, 9.17) is 23.4 Å². The lowest BCUT2D eigenvalue weighted by atomic mass is 9.52. The summed E-state index contributed by atoms with van der Waals surface area (Å²) in [6, 6.07) is 0. The fourth-order valence-electron chi connectivity index (χ4n) is 2.46. The van der Waals surface area contributed by atoms with Crippen molar-refractivity contribution in [2.75, 3.05) is 0 Å². The predicted octanol–water partition coefficient (Wildman–Crippen LogP) is 1.66. The number of nitrogens with one attached hydrogen (secondary N) is 2. The summed E-state index contributed by atoms with van der Waals surface area (Å²) in [5.41, 5.74) is 0.553. The number of rotatable bonds is 1. The minimum atomic E-state index is -0.362. The van der Waals surface area contributed by atoms with Crippen molar-refractivity contribution in [3.8, 4) is 0 Å². The highest BCUT2D eigenvalue weighted by Gasteiger charge is 2.50. The molecule has 2 radical (unpaired) electrons. The number of hydrogen-bond donors (Lipinski definition) is 2. The average molecular weight is 176 g/mol. The van der Waals surface area contributed by atoms with E-state index in [-0.39, 0.29) is 17.6 Å². The zero-order valence-corrected chi connectivity index (χ0v) is 7.60. The van der Waals surface area contributed by atoms with Crippen molar-refractivity contribution >= 4 is 19.5 Å². The largest absolute Gasteiger partial charge is 0.441 e. The topological polar surface area (TPSA) is 56.9 Å². The summed E-state index contributed by atoms with van der Waals surface area (Å²) in [5.74, 6) is 0.0498. The molecule has 0 aliphatic heterocycles. The standard InChI is InChI=1S/C9H13BN2O/c10-8(12)13-7(11)6-4-9(5-6)2-1-3-9/h6,11-12H,1-5H2. The Morgan fingerprint density at radius 1 is 1.31 bits per heavy atom. The van der Waals surface area contributed by atoms with E-state index >= 15 is 0 Å². The monoisotopic (exact) mass is 176 g/mol. The summed E-state index contributed by atoms with van der Waals surface area (Å²) in [4.78, 5) is 0. The Balaban J connectivity index is 1.79. The third kappa shape index (κ3) is 1.49. The first-order chi connectivity index (χ1) is 6.11. The summed E-state index contributed by atoms with van der Waals surface area (Å²) < 4.78 is 4.76. The molecule has 2 fully saturated rings. The van der Waals surface area contributed by atoms with Gasteiger partial charge < -0.3 is 4.74 Å². The van der Waals surface area contributed by atoms with Gasteiger partial charge in [0.1, 0.15) is 5.80 Å². The van der Waals surface area contributed by atoms with Crippen LogP contribution in [-0.2, 0) is 4.74 Å². The molecule has 2 saturated carbocycles. The van der Waals surface area contributed by atoms with E-state index in [1.807, 2.05) is 0 Å². The molecule has 0 atom stereocenters. The Bertz CT molecular complexity index is 252. The third-order valence-corrected chi connectivity index (χ3v) is 3.36. The molecular weight excluding hydrogens is 163 g/mol. The smallest absolute Gasteiger partial charge is 0.196 e. The van der Waals surface area contributed by atoms with Crippen LogP contribution in [0.2, 0.25) is 0 Å². The van der Waals surface area contributed by atoms with Crippen LogP contribution in [0.15, 0.2) is 0 Å². The Morgan fingerprint density at radius 2 is 1.92 bits per heavy atom. The molecule has 0 heterocycles. The molecule has 4 heteroatoms. The van der Waals surface area contributed by atoms with Crippen LogP contribution < -0.4 is 0 Å². The van der Waals surface area contributed by atoms with Gasteiger partial charge in [-0.05, 0) is 31.1 Å². The molecule has 3 nitrogen and oxygen atoms in total. The Morgan fingerprint density at radius 3 is 2.31 bits per heavy atom. The normalized spacial score (nSPS) is 24.6. The molecule has 0 aromatic heterocycles. The summed E-state index contributed by atoms with van der Waals surface area (Å²) in [6.07, 6.45) is 6.11. The van der Waals surface area contributed by atoms with Crippen molar-refractivity contribution < 1.29 is 4.74 Å². The first kappa shape index (κ1) is 8.79. The van der Waals surface area contributed by atoms with E-state index in [1.165, 1.54) is 19.3 Å². The zero-order valence-electron chi connectivity index (χ0n) is 7.60. The molecule has 0 saturated heterocycles. The van der Waals surface area contributed by atoms with Gasteiger partial charge in [0.2, 0.25) is 0 Å². The van der Waals surface area contributed by atoms with Crippen LogP contribution in [0.25, 0.3) is 0 Å². The van der Waals surface area contributed by atoms with Crippen molar-refractivity contribution in [3.63, 3.8) is 0 Å². The van der Waals surface area contributed by atoms with Gasteiger partial charge in [-0.2, -0.15) is 0 Å². The molecule has 13 heavy (non-hydrogen) atoms. The van der Waals surface area contributed by atoms with Gasteiger partial charge >= 0.3 is 0 Å². The van der Waals surface area contributed by atoms with Crippen LogP contribution in [0.4, 0.5) is 0 Å². The first-order valence-electron chi connectivity index (χ1n) is 4.72.